The van der Waals surface area contributed by atoms with E-state index in [0.717, 1.165) is 50.0 Å². The van der Waals surface area contributed by atoms with Crippen LogP contribution < -0.4 is 10.6 Å². The van der Waals surface area contributed by atoms with E-state index in [1.165, 1.54) is 0 Å². The highest BCUT2D eigenvalue weighted by Gasteiger charge is 2.32. The summed E-state index contributed by atoms with van der Waals surface area (Å²) in [6, 6.07) is 0.415. The second kappa shape index (κ2) is 11.8. The Morgan fingerprint density at radius 3 is 2.74 bits per heavy atom. The SMILES string of the molecule is COCCCNc1nc(Cl)ncc1CCC1CC(N[C@H](C)N(C)C(=O)OC(C)(C)C)C1. The summed E-state index contributed by atoms with van der Waals surface area (Å²) in [5.74, 6) is 1.46. The normalized spacial score (nSPS) is 19.5. The maximum atomic E-state index is 12.2. The van der Waals surface area contributed by atoms with Crippen LogP contribution in [0.2, 0.25) is 5.28 Å². The molecule has 1 aromatic heterocycles. The van der Waals surface area contributed by atoms with Crippen LogP contribution >= 0.6 is 11.6 Å². The predicted molar refractivity (Wildman–Crippen MR) is 123 cm³/mol. The lowest BCUT2D eigenvalue weighted by atomic mass is 9.77. The van der Waals surface area contributed by atoms with Gasteiger partial charge in [-0.05, 0) is 77.3 Å². The van der Waals surface area contributed by atoms with Crippen molar-refractivity contribution in [2.75, 3.05) is 32.6 Å². The first kappa shape index (κ1) is 25.6. The van der Waals surface area contributed by atoms with Gasteiger partial charge in [-0.3, -0.25) is 10.2 Å². The third-order valence-corrected chi connectivity index (χ3v) is 5.63. The fraction of sp³-hybridized carbons (Fsp3) is 0.773. The van der Waals surface area contributed by atoms with Gasteiger partial charge in [0.2, 0.25) is 5.28 Å². The molecule has 1 saturated carbocycles. The van der Waals surface area contributed by atoms with Gasteiger partial charge in [-0.2, -0.15) is 0 Å². The van der Waals surface area contributed by atoms with Crippen LogP contribution in [0.15, 0.2) is 6.20 Å². The number of carbonyl (C=O) groups excluding carboxylic acids is 1. The van der Waals surface area contributed by atoms with E-state index in [0.29, 0.717) is 18.6 Å². The van der Waals surface area contributed by atoms with Gasteiger partial charge in [0, 0.05) is 45.1 Å². The summed E-state index contributed by atoms with van der Waals surface area (Å²) in [6.07, 6.45) is 6.52. The van der Waals surface area contributed by atoms with Gasteiger partial charge in [0.1, 0.15) is 11.4 Å². The molecular formula is C22H38ClN5O3. The monoisotopic (exact) mass is 455 g/mol. The minimum absolute atomic E-state index is 0.0756. The number of hydrogen-bond donors (Lipinski definition) is 2. The van der Waals surface area contributed by atoms with Crippen molar-refractivity contribution in [3.63, 3.8) is 0 Å². The maximum absolute atomic E-state index is 12.2. The van der Waals surface area contributed by atoms with Gasteiger partial charge in [0.15, 0.2) is 0 Å². The highest BCUT2D eigenvalue weighted by molar-refractivity contribution is 6.28. The molecule has 0 unspecified atom stereocenters. The molecule has 1 fully saturated rings. The Morgan fingerprint density at radius 2 is 2.10 bits per heavy atom. The number of aromatic nitrogens is 2. The molecule has 31 heavy (non-hydrogen) atoms. The first-order valence-corrected chi connectivity index (χ1v) is 11.4. The standard InChI is InChI=1S/C22H38ClN5O3/c1-15(28(5)21(29)31-22(2,3)4)26-18-12-16(13-18)8-9-17-14-25-20(23)27-19(17)24-10-7-11-30-6/h14-16,18,26H,7-13H2,1-6H3,(H,24,25,27)/t15-,16?,18?/m0/s1. The van der Waals surface area contributed by atoms with E-state index in [9.17, 15) is 4.79 Å². The van der Waals surface area contributed by atoms with Gasteiger partial charge >= 0.3 is 6.09 Å². The number of methoxy groups -OCH3 is 1. The molecule has 8 nitrogen and oxygen atoms in total. The van der Waals surface area contributed by atoms with Crippen molar-refractivity contribution < 1.29 is 14.3 Å². The van der Waals surface area contributed by atoms with E-state index in [-0.39, 0.29) is 17.5 Å². The van der Waals surface area contributed by atoms with Crippen molar-refractivity contribution in [2.45, 2.75) is 77.6 Å². The van der Waals surface area contributed by atoms with E-state index in [1.807, 2.05) is 33.9 Å². The summed E-state index contributed by atoms with van der Waals surface area (Å²) < 4.78 is 10.5. The van der Waals surface area contributed by atoms with Crippen molar-refractivity contribution >= 4 is 23.5 Å². The molecular weight excluding hydrogens is 418 g/mol. The van der Waals surface area contributed by atoms with Crippen LogP contribution in [0.5, 0.6) is 0 Å². The summed E-state index contributed by atoms with van der Waals surface area (Å²) >= 11 is 5.98. The Labute approximate surface area is 191 Å². The second-order valence-electron chi connectivity index (χ2n) is 9.29. The molecule has 1 aromatic rings. The summed E-state index contributed by atoms with van der Waals surface area (Å²) in [4.78, 5) is 22.3. The second-order valence-corrected chi connectivity index (χ2v) is 9.63. The summed E-state index contributed by atoms with van der Waals surface area (Å²) in [6.45, 7) is 9.11. The molecule has 2 N–H and O–H groups in total. The Kier molecular flexibility index (Phi) is 9.78. The van der Waals surface area contributed by atoms with Crippen LogP contribution in [0.1, 0.15) is 58.9 Å². The topological polar surface area (TPSA) is 88.6 Å². The molecule has 1 aliphatic rings. The number of hydrogen-bond acceptors (Lipinski definition) is 7. The Balaban J connectivity index is 1.74. The minimum Gasteiger partial charge on any atom is -0.444 e. The molecule has 1 atom stereocenters. The number of nitrogens with zero attached hydrogens (tertiary/aromatic N) is 3. The molecule has 2 rings (SSSR count). The summed E-state index contributed by atoms with van der Waals surface area (Å²) in [5.41, 5.74) is 0.603. The molecule has 1 heterocycles. The number of aryl methyl sites for hydroxylation is 1. The quantitative estimate of drug-likeness (QED) is 0.295. The van der Waals surface area contributed by atoms with Gasteiger partial charge < -0.3 is 14.8 Å². The third kappa shape index (κ3) is 8.79. The zero-order chi connectivity index (χ0) is 23.0. The fourth-order valence-corrected chi connectivity index (χ4v) is 3.69. The molecule has 0 aromatic carbocycles. The van der Waals surface area contributed by atoms with Crippen LogP contribution in [0.3, 0.4) is 0 Å². The number of anilines is 1. The van der Waals surface area contributed by atoms with Crippen LogP contribution in [-0.2, 0) is 15.9 Å². The zero-order valence-electron chi connectivity index (χ0n) is 19.7. The fourth-order valence-electron chi connectivity index (χ4n) is 3.56. The van der Waals surface area contributed by atoms with Crippen LogP contribution in [-0.4, -0.2) is 66.1 Å². The average molecular weight is 456 g/mol. The molecule has 9 heteroatoms. The molecule has 0 aliphatic heterocycles. The largest absolute Gasteiger partial charge is 0.444 e. The zero-order valence-corrected chi connectivity index (χ0v) is 20.5. The van der Waals surface area contributed by atoms with Gasteiger partial charge in [-0.15, -0.1) is 0 Å². The number of rotatable bonds is 11. The Hall–Kier alpha value is -1.64. The molecule has 1 amide bonds. The molecule has 176 valence electrons. The van der Waals surface area contributed by atoms with Crippen LogP contribution in [0, 0.1) is 5.92 Å². The molecule has 0 radical (unpaired) electrons. The van der Waals surface area contributed by atoms with Crippen LogP contribution in [0.4, 0.5) is 10.6 Å². The molecule has 0 bridgehead atoms. The lowest BCUT2D eigenvalue weighted by Crippen LogP contribution is -2.53. The predicted octanol–water partition coefficient (Wildman–Crippen LogP) is 4.09. The number of carbonyl (C=O) groups is 1. The first-order chi connectivity index (χ1) is 14.6. The van der Waals surface area contributed by atoms with Gasteiger partial charge in [0.05, 0.1) is 6.17 Å². The molecule has 1 aliphatic carbocycles. The average Bonchev–Trinajstić information content (AvgIpc) is 2.65. The first-order valence-electron chi connectivity index (χ1n) is 11.0. The Bertz CT molecular complexity index is 707. The number of halogens is 1. The van der Waals surface area contributed by atoms with E-state index < -0.39 is 5.60 Å². The molecule has 0 saturated heterocycles. The highest BCUT2D eigenvalue weighted by Crippen LogP contribution is 2.32. The van der Waals surface area contributed by atoms with Gasteiger partial charge in [0.25, 0.3) is 0 Å². The van der Waals surface area contributed by atoms with E-state index in [1.54, 1.807) is 19.1 Å². The summed E-state index contributed by atoms with van der Waals surface area (Å²) in [5, 5.41) is 7.13. The van der Waals surface area contributed by atoms with Crippen molar-refractivity contribution in [2.24, 2.45) is 5.92 Å². The van der Waals surface area contributed by atoms with Crippen LogP contribution in [0.25, 0.3) is 0 Å². The highest BCUT2D eigenvalue weighted by atomic mass is 35.5. The van der Waals surface area contributed by atoms with E-state index in [2.05, 4.69) is 20.6 Å². The number of ether oxygens (including phenoxy) is 2. The van der Waals surface area contributed by atoms with E-state index in [4.69, 9.17) is 21.1 Å². The lowest BCUT2D eigenvalue weighted by Gasteiger charge is -2.40. The van der Waals surface area contributed by atoms with Crippen molar-refractivity contribution in [1.82, 2.24) is 20.2 Å². The van der Waals surface area contributed by atoms with E-state index >= 15 is 0 Å². The number of amides is 1. The van der Waals surface area contributed by atoms with Crippen molar-refractivity contribution in [3.8, 4) is 0 Å². The maximum Gasteiger partial charge on any atom is 0.411 e. The van der Waals surface area contributed by atoms with Gasteiger partial charge in [-0.1, -0.05) is 0 Å². The lowest BCUT2D eigenvalue weighted by molar-refractivity contribution is 0.0173. The minimum atomic E-state index is -0.491. The summed E-state index contributed by atoms with van der Waals surface area (Å²) in [7, 11) is 3.47. The van der Waals surface area contributed by atoms with Crippen molar-refractivity contribution in [3.05, 3.63) is 17.0 Å². The van der Waals surface area contributed by atoms with Crippen molar-refractivity contribution in [1.29, 1.82) is 0 Å². The number of nitrogens with one attached hydrogen (secondary N) is 2. The smallest absolute Gasteiger partial charge is 0.411 e. The molecule has 0 spiro atoms. The third-order valence-electron chi connectivity index (χ3n) is 5.45. The Morgan fingerprint density at radius 1 is 1.39 bits per heavy atom. The van der Waals surface area contributed by atoms with Gasteiger partial charge in [-0.25, -0.2) is 14.8 Å².